The maximum absolute atomic E-state index is 12.6. The number of urea groups is 1. The molecule has 1 heterocycles. The molecule has 9 nitrogen and oxygen atoms in total. The van der Waals surface area contributed by atoms with E-state index in [1.54, 1.807) is 0 Å². The zero-order valence-corrected chi connectivity index (χ0v) is 15.1. The summed E-state index contributed by atoms with van der Waals surface area (Å²) in [6.45, 7) is 0. The monoisotopic (exact) mass is 380 g/mol. The Hall–Kier alpha value is -2.46. The molecular formula is C16H20N4O5S. The van der Waals surface area contributed by atoms with Crippen LogP contribution in [0.3, 0.4) is 0 Å². The first-order valence-electron chi connectivity index (χ1n) is 8.30. The molecule has 4 amide bonds. The molecule has 26 heavy (non-hydrogen) atoms. The van der Waals surface area contributed by atoms with Gasteiger partial charge in [-0.25, -0.2) is 17.9 Å². The van der Waals surface area contributed by atoms with Gasteiger partial charge in [0, 0.05) is 5.56 Å². The third-order valence-electron chi connectivity index (χ3n) is 4.78. The van der Waals surface area contributed by atoms with Gasteiger partial charge < -0.3 is 5.32 Å². The zero-order valence-electron chi connectivity index (χ0n) is 14.2. The highest BCUT2D eigenvalue weighted by Crippen LogP contribution is 2.33. The van der Waals surface area contributed by atoms with Gasteiger partial charge in [0.15, 0.2) is 0 Å². The van der Waals surface area contributed by atoms with E-state index in [1.165, 1.54) is 31.3 Å². The molecule has 0 aromatic heterocycles. The van der Waals surface area contributed by atoms with Crippen LogP contribution in [-0.2, 0) is 14.8 Å². The standard InChI is InChI=1S/C16H20N4O5S/c1-17-26(24,25)12-7-5-11(6-8-12)13(21)19-20-14(22)16(18-15(20)23)9-3-2-4-10-16/h5-8,17H,2-4,9-10H2,1H3,(H,18,23)(H,19,21). The fourth-order valence-electron chi connectivity index (χ4n) is 3.29. The summed E-state index contributed by atoms with van der Waals surface area (Å²) in [4.78, 5) is 37.1. The number of imide groups is 1. The van der Waals surface area contributed by atoms with Crippen LogP contribution in [-0.4, -0.2) is 43.9 Å². The molecule has 3 N–H and O–H groups in total. The summed E-state index contributed by atoms with van der Waals surface area (Å²) in [6.07, 6.45) is 3.81. The molecule has 1 saturated heterocycles. The molecule has 140 valence electrons. The van der Waals surface area contributed by atoms with E-state index in [0.717, 1.165) is 19.3 Å². The molecule has 2 aliphatic rings. The van der Waals surface area contributed by atoms with Crippen LogP contribution in [0.5, 0.6) is 0 Å². The van der Waals surface area contributed by atoms with E-state index < -0.39 is 33.4 Å². The van der Waals surface area contributed by atoms with Crippen LogP contribution in [0.2, 0.25) is 0 Å². The fraction of sp³-hybridized carbons (Fsp3) is 0.438. The molecular weight excluding hydrogens is 360 g/mol. The van der Waals surface area contributed by atoms with E-state index >= 15 is 0 Å². The predicted octanol–water partition coefficient (Wildman–Crippen LogP) is 0.494. The second kappa shape index (κ2) is 6.69. The van der Waals surface area contributed by atoms with Crippen molar-refractivity contribution in [2.75, 3.05) is 7.05 Å². The number of rotatable bonds is 4. The van der Waals surface area contributed by atoms with Gasteiger partial charge in [-0.15, -0.1) is 0 Å². The number of nitrogens with one attached hydrogen (secondary N) is 3. The van der Waals surface area contributed by atoms with Gasteiger partial charge in [-0.1, -0.05) is 19.3 Å². The Morgan fingerprint density at radius 3 is 2.31 bits per heavy atom. The van der Waals surface area contributed by atoms with Crippen molar-refractivity contribution >= 4 is 27.9 Å². The number of sulfonamides is 1. The average molecular weight is 380 g/mol. The molecule has 1 spiro atoms. The van der Waals surface area contributed by atoms with Crippen LogP contribution in [0.4, 0.5) is 4.79 Å². The first-order valence-corrected chi connectivity index (χ1v) is 9.79. The SMILES string of the molecule is CNS(=O)(=O)c1ccc(C(=O)NN2C(=O)NC3(CCCCC3)C2=O)cc1. The number of amides is 4. The largest absolute Gasteiger partial charge is 0.344 e. The van der Waals surface area contributed by atoms with Gasteiger partial charge >= 0.3 is 6.03 Å². The van der Waals surface area contributed by atoms with Crippen molar-refractivity contribution in [3.8, 4) is 0 Å². The summed E-state index contributed by atoms with van der Waals surface area (Å²) in [5.74, 6) is -1.13. The Bertz CT molecular complexity index is 844. The summed E-state index contributed by atoms with van der Waals surface area (Å²) in [6, 6.07) is 4.52. The highest BCUT2D eigenvalue weighted by molar-refractivity contribution is 7.89. The molecule has 3 rings (SSSR count). The lowest BCUT2D eigenvalue weighted by Gasteiger charge is -2.30. The number of hydrogen-bond acceptors (Lipinski definition) is 5. The number of hydrogen-bond donors (Lipinski definition) is 3. The minimum Gasteiger partial charge on any atom is -0.322 e. The minimum absolute atomic E-state index is 0.00713. The molecule has 2 fully saturated rings. The maximum atomic E-state index is 12.6. The third-order valence-corrected chi connectivity index (χ3v) is 6.21. The third kappa shape index (κ3) is 3.17. The second-order valence-corrected chi connectivity index (χ2v) is 8.27. The molecule has 1 aliphatic carbocycles. The van der Waals surface area contributed by atoms with Crippen LogP contribution < -0.4 is 15.5 Å². The molecule has 10 heteroatoms. The van der Waals surface area contributed by atoms with Crippen molar-refractivity contribution < 1.29 is 22.8 Å². The summed E-state index contributed by atoms with van der Waals surface area (Å²) in [7, 11) is -2.32. The minimum atomic E-state index is -3.61. The van der Waals surface area contributed by atoms with E-state index in [1.807, 2.05) is 0 Å². The summed E-state index contributed by atoms with van der Waals surface area (Å²) < 4.78 is 25.6. The van der Waals surface area contributed by atoms with Crippen molar-refractivity contribution in [1.82, 2.24) is 20.5 Å². The van der Waals surface area contributed by atoms with E-state index in [2.05, 4.69) is 15.5 Å². The van der Waals surface area contributed by atoms with E-state index in [4.69, 9.17) is 0 Å². The molecule has 1 aromatic carbocycles. The number of carbonyl (C=O) groups is 3. The number of benzene rings is 1. The van der Waals surface area contributed by atoms with Crippen LogP contribution in [0.15, 0.2) is 29.2 Å². The highest BCUT2D eigenvalue weighted by atomic mass is 32.2. The van der Waals surface area contributed by atoms with Crippen molar-refractivity contribution in [2.45, 2.75) is 42.5 Å². The smallest absolute Gasteiger partial charge is 0.322 e. The van der Waals surface area contributed by atoms with Crippen LogP contribution in [0.25, 0.3) is 0 Å². The maximum Gasteiger partial charge on any atom is 0.344 e. The lowest BCUT2D eigenvalue weighted by molar-refractivity contribution is -0.134. The Balaban J connectivity index is 1.74. The summed E-state index contributed by atoms with van der Waals surface area (Å²) in [5, 5.41) is 3.41. The van der Waals surface area contributed by atoms with Gasteiger partial charge in [0.2, 0.25) is 10.0 Å². The lowest BCUT2D eigenvalue weighted by Crippen LogP contribution is -2.50. The summed E-state index contributed by atoms with van der Waals surface area (Å²) >= 11 is 0. The highest BCUT2D eigenvalue weighted by Gasteiger charge is 2.52. The molecule has 0 radical (unpaired) electrons. The van der Waals surface area contributed by atoms with E-state index in [9.17, 15) is 22.8 Å². The van der Waals surface area contributed by atoms with Crippen molar-refractivity contribution in [3.05, 3.63) is 29.8 Å². The second-order valence-electron chi connectivity index (χ2n) is 6.39. The topological polar surface area (TPSA) is 125 Å². The van der Waals surface area contributed by atoms with Gasteiger partial charge in [-0.2, -0.15) is 5.01 Å². The Labute approximate surface area is 151 Å². The number of carbonyl (C=O) groups excluding carboxylic acids is 3. The molecule has 1 saturated carbocycles. The van der Waals surface area contributed by atoms with Gasteiger partial charge in [0.25, 0.3) is 11.8 Å². The molecule has 0 bridgehead atoms. The first kappa shape index (κ1) is 18.3. The van der Waals surface area contributed by atoms with Crippen LogP contribution in [0, 0.1) is 0 Å². The van der Waals surface area contributed by atoms with Gasteiger partial charge in [-0.05, 0) is 44.2 Å². The average Bonchev–Trinajstić information content (AvgIpc) is 2.86. The predicted molar refractivity (Wildman–Crippen MR) is 91.3 cm³/mol. The van der Waals surface area contributed by atoms with Gasteiger partial charge in [0.05, 0.1) is 4.90 Å². The quantitative estimate of drug-likeness (QED) is 0.656. The fourth-order valence-corrected chi connectivity index (χ4v) is 4.02. The number of hydrazine groups is 1. The van der Waals surface area contributed by atoms with Crippen LogP contribution in [0.1, 0.15) is 42.5 Å². The van der Waals surface area contributed by atoms with E-state index in [-0.39, 0.29) is 10.5 Å². The first-order chi connectivity index (χ1) is 12.3. The molecule has 1 aromatic rings. The van der Waals surface area contributed by atoms with Crippen molar-refractivity contribution in [1.29, 1.82) is 0 Å². The Kier molecular flexibility index (Phi) is 4.72. The number of nitrogens with zero attached hydrogens (tertiary/aromatic N) is 1. The summed E-state index contributed by atoms with van der Waals surface area (Å²) in [5.41, 5.74) is 1.51. The normalized spacial score (nSPS) is 19.5. The Morgan fingerprint density at radius 1 is 1.12 bits per heavy atom. The zero-order chi connectivity index (χ0) is 18.9. The van der Waals surface area contributed by atoms with Crippen molar-refractivity contribution in [2.24, 2.45) is 0 Å². The van der Waals surface area contributed by atoms with Crippen LogP contribution >= 0.6 is 0 Å². The molecule has 0 atom stereocenters. The van der Waals surface area contributed by atoms with Gasteiger partial charge in [0.1, 0.15) is 5.54 Å². The van der Waals surface area contributed by atoms with Crippen molar-refractivity contribution in [3.63, 3.8) is 0 Å². The molecule has 1 aliphatic heterocycles. The van der Waals surface area contributed by atoms with Gasteiger partial charge in [-0.3, -0.25) is 15.0 Å². The lowest BCUT2D eigenvalue weighted by atomic mass is 9.82. The Morgan fingerprint density at radius 2 is 1.73 bits per heavy atom. The molecule has 0 unspecified atom stereocenters. The van der Waals surface area contributed by atoms with E-state index in [0.29, 0.717) is 17.9 Å².